The summed E-state index contributed by atoms with van der Waals surface area (Å²) >= 11 is 0. The van der Waals surface area contributed by atoms with Gasteiger partial charge in [0, 0.05) is 17.4 Å². The van der Waals surface area contributed by atoms with Crippen LogP contribution in [0.2, 0.25) is 0 Å². The highest BCUT2D eigenvalue weighted by Gasteiger charge is 2.60. The molecule has 1 N–H and O–H groups in total. The van der Waals surface area contributed by atoms with E-state index < -0.39 is 5.97 Å². The van der Waals surface area contributed by atoms with E-state index in [0.29, 0.717) is 29.1 Å². The van der Waals surface area contributed by atoms with E-state index in [1.165, 1.54) is 44.9 Å². The maximum atomic E-state index is 11.1. The van der Waals surface area contributed by atoms with Crippen molar-refractivity contribution < 1.29 is 9.90 Å². The van der Waals surface area contributed by atoms with Crippen LogP contribution in [0.3, 0.4) is 0 Å². The van der Waals surface area contributed by atoms with Crippen LogP contribution in [0.4, 0.5) is 0 Å². The van der Waals surface area contributed by atoms with Crippen LogP contribution in [0.25, 0.3) is 10.4 Å². The minimum absolute atomic E-state index is 0.217. The van der Waals surface area contributed by atoms with Crippen LogP contribution in [-0.4, -0.2) is 17.1 Å². The average Bonchev–Trinajstić information content (AvgIpc) is 3.04. The standard InChI is InChI=1S/C24H39N3O2/c1-15(4-9-22(28)29)19-7-8-20-18-6-5-16-14-17(26-27-25)10-12-23(16,2)21(18)11-13-24(19,20)3/h15-21H,4-14H2,1-3H3,(H,28,29)/t15-,16-,17?,18+,19-,20+,21+,23+,24-/m1/s1. The summed E-state index contributed by atoms with van der Waals surface area (Å²) in [5.74, 6) is 3.79. The third-order valence-electron chi connectivity index (χ3n) is 10.4. The summed E-state index contributed by atoms with van der Waals surface area (Å²) in [6, 6.07) is 0.217. The summed E-state index contributed by atoms with van der Waals surface area (Å²) in [5.41, 5.74) is 9.70. The highest BCUT2D eigenvalue weighted by atomic mass is 16.4. The molecule has 5 heteroatoms. The number of fused-ring (bicyclic) bond motifs is 5. The lowest BCUT2D eigenvalue weighted by atomic mass is 9.44. The van der Waals surface area contributed by atoms with E-state index in [1.807, 2.05) is 0 Å². The molecule has 162 valence electrons. The van der Waals surface area contributed by atoms with E-state index in [1.54, 1.807) is 0 Å². The summed E-state index contributed by atoms with van der Waals surface area (Å²) in [6.45, 7) is 7.42. The van der Waals surface area contributed by atoms with Crippen molar-refractivity contribution in [2.24, 2.45) is 51.5 Å². The third-order valence-corrected chi connectivity index (χ3v) is 10.4. The first-order valence-electron chi connectivity index (χ1n) is 12.1. The number of rotatable bonds is 5. The van der Waals surface area contributed by atoms with E-state index in [-0.39, 0.29) is 6.04 Å². The van der Waals surface area contributed by atoms with Crippen LogP contribution >= 0.6 is 0 Å². The monoisotopic (exact) mass is 401 g/mol. The zero-order valence-corrected chi connectivity index (χ0v) is 18.5. The maximum Gasteiger partial charge on any atom is 0.303 e. The third kappa shape index (κ3) is 3.48. The quantitative estimate of drug-likeness (QED) is 0.311. The van der Waals surface area contributed by atoms with Gasteiger partial charge in [0.2, 0.25) is 0 Å². The summed E-state index contributed by atoms with van der Waals surface area (Å²) in [6.07, 6.45) is 12.5. The predicted octanol–water partition coefficient (Wildman–Crippen LogP) is 6.83. The van der Waals surface area contributed by atoms with Crippen LogP contribution in [0.15, 0.2) is 5.11 Å². The van der Waals surface area contributed by atoms with Crippen molar-refractivity contribution in [2.75, 3.05) is 0 Å². The van der Waals surface area contributed by atoms with E-state index in [0.717, 1.165) is 42.9 Å². The van der Waals surface area contributed by atoms with E-state index in [2.05, 4.69) is 30.8 Å². The van der Waals surface area contributed by atoms with Gasteiger partial charge in [0.15, 0.2) is 0 Å². The fourth-order valence-corrected chi connectivity index (χ4v) is 8.94. The molecular weight excluding hydrogens is 362 g/mol. The van der Waals surface area contributed by atoms with Crippen molar-refractivity contribution in [1.82, 2.24) is 0 Å². The second-order valence-electron chi connectivity index (χ2n) is 11.4. The lowest BCUT2D eigenvalue weighted by Crippen LogP contribution is -2.54. The number of carboxylic acid groups (broad SMARTS) is 1. The number of carboxylic acids is 1. The van der Waals surface area contributed by atoms with Gasteiger partial charge in [-0.25, -0.2) is 0 Å². The molecule has 0 amide bonds. The molecule has 1 unspecified atom stereocenters. The summed E-state index contributed by atoms with van der Waals surface area (Å²) in [7, 11) is 0. The Balaban J connectivity index is 1.49. The van der Waals surface area contributed by atoms with Gasteiger partial charge in [0.25, 0.3) is 0 Å². The first-order chi connectivity index (χ1) is 13.8. The zero-order valence-electron chi connectivity index (χ0n) is 18.5. The predicted molar refractivity (Wildman–Crippen MR) is 114 cm³/mol. The molecule has 4 aliphatic rings. The van der Waals surface area contributed by atoms with Crippen molar-refractivity contribution in [2.45, 2.75) is 97.4 Å². The van der Waals surface area contributed by atoms with Crippen LogP contribution in [0.1, 0.15) is 91.4 Å². The number of hydrogen-bond donors (Lipinski definition) is 1. The zero-order chi connectivity index (χ0) is 20.8. The SMILES string of the molecule is C[C@H](CCC(=O)O)[C@H]1CC[C@H]2[C@@H]3CC[C@@H]4CC(N=[N+]=[N-])CC[C@]4(C)[C@H]3CC[C@]12C. The molecule has 0 spiro atoms. The second-order valence-corrected chi connectivity index (χ2v) is 11.4. The molecule has 5 nitrogen and oxygen atoms in total. The molecule has 0 saturated heterocycles. The van der Waals surface area contributed by atoms with Crippen LogP contribution < -0.4 is 0 Å². The summed E-state index contributed by atoms with van der Waals surface area (Å²) in [5, 5.41) is 13.2. The number of hydrogen-bond acceptors (Lipinski definition) is 2. The topological polar surface area (TPSA) is 86.1 Å². The van der Waals surface area contributed by atoms with Crippen LogP contribution in [-0.2, 0) is 4.79 Å². The van der Waals surface area contributed by atoms with E-state index in [4.69, 9.17) is 10.6 Å². The van der Waals surface area contributed by atoms with Crippen molar-refractivity contribution >= 4 is 5.97 Å². The molecule has 0 aliphatic heterocycles. The molecule has 0 bridgehead atoms. The average molecular weight is 402 g/mol. The maximum absolute atomic E-state index is 11.1. The minimum atomic E-state index is -0.650. The first kappa shape index (κ1) is 21.0. The van der Waals surface area contributed by atoms with E-state index in [9.17, 15) is 4.79 Å². The lowest BCUT2D eigenvalue weighted by molar-refractivity contribution is -0.137. The van der Waals surface area contributed by atoms with Gasteiger partial charge in [0.1, 0.15) is 0 Å². The van der Waals surface area contributed by atoms with Crippen molar-refractivity contribution in [3.05, 3.63) is 10.4 Å². The Labute approximate surface area is 175 Å². The molecule has 29 heavy (non-hydrogen) atoms. The van der Waals surface area contributed by atoms with Crippen molar-refractivity contribution in [3.63, 3.8) is 0 Å². The highest BCUT2D eigenvalue weighted by Crippen LogP contribution is 2.68. The molecule has 4 aliphatic carbocycles. The molecule has 0 aromatic rings. The van der Waals surface area contributed by atoms with Gasteiger partial charge in [-0.05, 0) is 116 Å². The van der Waals surface area contributed by atoms with Crippen LogP contribution in [0, 0.1) is 46.3 Å². The molecule has 4 saturated carbocycles. The molecule has 4 rings (SSSR count). The molecule has 4 fully saturated rings. The largest absolute Gasteiger partial charge is 0.481 e. The molecule has 0 aromatic carbocycles. The minimum Gasteiger partial charge on any atom is -0.481 e. The number of azide groups is 1. The van der Waals surface area contributed by atoms with Gasteiger partial charge >= 0.3 is 5.97 Å². The van der Waals surface area contributed by atoms with Gasteiger partial charge in [-0.2, -0.15) is 0 Å². The molecule has 0 heterocycles. The second kappa shape index (κ2) is 7.80. The molecule has 9 atom stereocenters. The van der Waals surface area contributed by atoms with Gasteiger partial charge in [-0.15, -0.1) is 0 Å². The normalized spacial score (nSPS) is 47.3. The Morgan fingerprint density at radius 1 is 1.10 bits per heavy atom. The summed E-state index contributed by atoms with van der Waals surface area (Å²) in [4.78, 5) is 14.2. The summed E-state index contributed by atoms with van der Waals surface area (Å²) < 4.78 is 0. The van der Waals surface area contributed by atoms with Crippen molar-refractivity contribution in [3.8, 4) is 0 Å². The fraction of sp³-hybridized carbons (Fsp3) is 0.958. The Bertz CT molecular complexity index is 690. The Morgan fingerprint density at radius 3 is 2.55 bits per heavy atom. The van der Waals surface area contributed by atoms with Gasteiger partial charge in [-0.1, -0.05) is 25.9 Å². The van der Waals surface area contributed by atoms with Crippen LogP contribution in [0.5, 0.6) is 0 Å². The Hall–Kier alpha value is -1.22. The van der Waals surface area contributed by atoms with Gasteiger partial charge in [-0.3, -0.25) is 4.79 Å². The first-order valence-corrected chi connectivity index (χ1v) is 12.1. The number of nitrogens with zero attached hydrogens (tertiary/aromatic N) is 3. The Kier molecular flexibility index (Phi) is 5.65. The van der Waals surface area contributed by atoms with E-state index >= 15 is 0 Å². The number of aliphatic carboxylic acids is 1. The van der Waals surface area contributed by atoms with Crippen molar-refractivity contribution in [1.29, 1.82) is 0 Å². The van der Waals surface area contributed by atoms with Gasteiger partial charge in [0.05, 0.1) is 0 Å². The molecular formula is C24H39N3O2. The smallest absolute Gasteiger partial charge is 0.303 e. The lowest BCUT2D eigenvalue weighted by Gasteiger charge is -2.61. The number of carbonyl (C=O) groups is 1. The molecule has 0 aromatic heterocycles. The van der Waals surface area contributed by atoms with Gasteiger partial charge < -0.3 is 5.11 Å². The Morgan fingerprint density at radius 2 is 1.83 bits per heavy atom. The fourth-order valence-electron chi connectivity index (χ4n) is 8.94. The molecule has 0 radical (unpaired) electrons. The highest BCUT2D eigenvalue weighted by molar-refractivity contribution is 5.66.